The summed E-state index contributed by atoms with van der Waals surface area (Å²) in [7, 11) is -3.35. The minimum Gasteiger partial charge on any atom is -0.322 e. The van der Waals surface area contributed by atoms with Gasteiger partial charge in [-0.05, 0) is 69.7 Å². The molecule has 0 aliphatic heterocycles. The molecule has 0 unspecified atom stereocenters. The van der Waals surface area contributed by atoms with Crippen molar-refractivity contribution in [3.63, 3.8) is 0 Å². The number of aromatic nitrogens is 2. The zero-order valence-corrected chi connectivity index (χ0v) is 17.7. The monoisotopic (exact) mass is 412 g/mol. The Kier molecular flexibility index (Phi) is 5.74. The lowest BCUT2D eigenvalue weighted by Crippen LogP contribution is -2.16. The van der Waals surface area contributed by atoms with Crippen LogP contribution in [0, 0.1) is 20.8 Å². The predicted octanol–water partition coefficient (Wildman–Crippen LogP) is 3.81. The predicted molar refractivity (Wildman–Crippen MR) is 115 cm³/mol. The molecule has 0 fully saturated rings. The van der Waals surface area contributed by atoms with E-state index < -0.39 is 10.0 Å². The first-order valence-electron chi connectivity index (χ1n) is 9.24. The second-order valence-corrected chi connectivity index (χ2v) is 8.81. The molecule has 0 aliphatic rings. The third-order valence-electron chi connectivity index (χ3n) is 4.68. The molecule has 0 radical (unpaired) electrons. The summed E-state index contributed by atoms with van der Waals surface area (Å²) in [6, 6.07) is 12.5. The van der Waals surface area contributed by atoms with E-state index >= 15 is 0 Å². The highest BCUT2D eigenvalue weighted by molar-refractivity contribution is 7.92. The summed E-state index contributed by atoms with van der Waals surface area (Å²) in [5.74, 6) is 0.517. The second kappa shape index (κ2) is 8.08. The Morgan fingerprint density at radius 1 is 1.10 bits per heavy atom. The van der Waals surface area contributed by atoms with Gasteiger partial charge in [0, 0.05) is 23.3 Å². The number of hydrogen-bond acceptors (Lipinski definition) is 4. The summed E-state index contributed by atoms with van der Waals surface area (Å²) in [6.45, 7) is 7.17. The summed E-state index contributed by atoms with van der Waals surface area (Å²) in [5.41, 5.74) is 4.07. The number of amides is 1. The molecule has 2 aromatic heterocycles. The van der Waals surface area contributed by atoms with E-state index in [2.05, 4.69) is 15.0 Å². The Morgan fingerprint density at radius 2 is 1.86 bits per heavy atom. The van der Waals surface area contributed by atoms with Gasteiger partial charge in [0.1, 0.15) is 5.82 Å². The number of nitrogens with zero attached hydrogens (tertiary/aromatic N) is 2. The van der Waals surface area contributed by atoms with Gasteiger partial charge in [-0.2, -0.15) is 0 Å². The molecule has 2 N–H and O–H groups in total. The number of aryl methyl sites for hydroxylation is 2. The van der Waals surface area contributed by atoms with Crippen LogP contribution in [0.1, 0.15) is 34.2 Å². The van der Waals surface area contributed by atoms with Crippen LogP contribution >= 0.6 is 0 Å². The molecule has 1 aromatic carbocycles. The van der Waals surface area contributed by atoms with Gasteiger partial charge in [0.25, 0.3) is 5.91 Å². The number of rotatable bonds is 6. The SMILES string of the molecule is CCS(=O)(=O)Nc1ccc(NC(=O)c2cc(C)n(-c3ccccn3)c2C)cc1C. The quantitative estimate of drug-likeness (QED) is 0.644. The average molecular weight is 413 g/mol. The number of sulfonamides is 1. The van der Waals surface area contributed by atoms with Crippen molar-refractivity contribution in [3.05, 3.63) is 71.2 Å². The average Bonchev–Trinajstić information content (AvgIpc) is 2.99. The third kappa shape index (κ3) is 4.48. The highest BCUT2D eigenvalue weighted by Gasteiger charge is 2.18. The van der Waals surface area contributed by atoms with Crippen LogP contribution in [-0.4, -0.2) is 29.6 Å². The van der Waals surface area contributed by atoms with Crippen LogP contribution in [0.4, 0.5) is 11.4 Å². The number of pyridine rings is 1. The molecule has 7 nitrogen and oxygen atoms in total. The van der Waals surface area contributed by atoms with Crippen molar-refractivity contribution in [2.45, 2.75) is 27.7 Å². The first-order chi connectivity index (χ1) is 13.7. The van der Waals surface area contributed by atoms with Gasteiger partial charge < -0.3 is 9.88 Å². The third-order valence-corrected chi connectivity index (χ3v) is 5.97. The summed E-state index contributed by atoms with van der Waals surface area (Å²) in [5, 5.41) is 2.89. The van der Waals surface area contributed by atoms with Crippen LogP contribution in [0.3, 0.4) is 0 Å². The van der Waals surface area contributed by atoms with Gasteiger partial charge in [-0.15, -0.1) is 0 Å². The molecule has 3 aromatic rings. The van der Waals surface area contributed by atoms with Crippen molar-refractivity contribution < 1.29 is 13.2 Å². The fourth-order valence-electron chi connectivity index (χ4n) is 3.13. The van der Waals surface area contributed by atoms with E-state index in [0.717, 1.165) is 22.8 Å². The zero-order chi connectivity index (χ0) is 21.2. The lowest BCUT2D eigenvalue weighted by molar-refractivity contribution is 0.102. The smallest absolute Gasteiger partial charge is 0.257 e. The highest BCUT2D eigenvalue weighted by Crippen LogP contribution is 2.23. The fourth-order valence-corrected chi connectivity index (χ4v) is 3.83. The Labute approximate surface area is 170 Å². The van der Waals surface area contributed by atoms with Crippen LogP contribution in [0.15, 0.2) is 48.7 Å². The van der Waals surface area contributed by atoms with Crippen molar-refractivity contribution in [2.24, 2.45) is 0 Å². The van der Waals surface area contributed by atoms with Crippen molar-refractivity contribution in [3.8, 4) is 5.82 Å². The summed E-state index contributed by atoms with van der Waals surface area (Å²) < 4.78 is 28.0. The van der Waals surface area contributed by atoms with Crippen LogP contribution in [0.25, 0.3) is 5.82 Å². The van der Waals surface area contributed by atoms with Gasteiger partial charge in [0.2, 0.25) is 10.0 Å². The van der Waals surface area contributed by atoms with E-state index in [0.29, 0.717) is 16.9 Å². The number of nitrogens with one attached hydrogen (secondary N) is 2. The van der Waals surface area contributed by atoms with E-state index in [9.17, 15) is 13.2 Å². The van der Waals surface area contributed by atoms with Gasteiger partial charge in [0.05, 0.1) is 17.0 Å². The molecule has 2 heterocycles. The van der Waals surface area contributed by atoms with E-state index in [1.165, 1.54) is 0 Å². The van der Waals surface area contributed by atoms with Gasteiger partial charge in [-0.3, -0.25) is 9.52 Å². The fraction of sp³-hybridized carbons (Fsp3) is 0.238. The van der Waals surface area contributed by atoms with E-state index in [-0.39, 0.29) is 11.7 Å². The van der Waals surface area contributed by atoms with Crippen molar-refractivity contribution in [1.29, 1.82) is 0 Å². The molecular formula is C21H24N4O3S. The Morgan fingerprint density at radius 3 is 2.48 bits per heavy atom. The molecule has 0 atom stereocenters. The zero-order valence-electron chi connectivity index (χ0n) is 16.9. The molecule has 29 heavy (non-hydrogen) atoms. The number of carbonyl (C=O) groups excluding carboxylic acids is 1. The number of carbonyl (C=O) groups is 1. The molecule has 0 aliphatic carbocycles. The largest absolute Gasteiger partial charge is 0.322 e. The maximum Gasteiger partial charge on any atom is 0.257 e. The summed E-state index contributed by atoms with van der Waals surface area (Å²) in [4.78, 5) is 17.2. The number of benzene rings is 1. The van der Waals surface area contributed by atoms with Crippen molar-refractivity contribution in [2.75, 3.05) is 15.8 Å². The summed E-state index contributed by atoms with van der Waals surface area (Å²) >= 11 is 0. The second-order valence-electron chi connectivity index (χ2n) is 6.80. The normalized spacial score (nSPS) is 11.3. The van der Waals surface area contributed by atoms with Crippen molar-refractivity contribution in [1.82, 2.24) is 9.55 Å². The van der Waals surface area contributed by atoms with Crippen LogP contribution < -0.4 is 10.0 Å². The van der Waals surface area contributed by atoms with Crippen LogP contribution in [0.5, 0.6) is 0 Å². The lowest BCUT2D eigenvalue weighted by atomic mass is 10.1. The van der Waals surface area contributed by atoms with Gasteiger partial charge >= 0.3 is 0 Å². The molecule has 0 saturated heterocycles. The summed E-state index contributed by atoms with van der Waals surface area (Å²) in [6.07, 6.45) is 1.71. The topological polar surface area (TPSA) is 93.1 Å². The van der Waals surface area contributed by atoms with Crippen LogP contribution in [0.2, 0.25) is 0 Å². The maximum absolute atomic E-state index is 12.8. The minimum atomic E-state index is -3.35. The molecule has 0 spiro atoms. The van der Waals surface area contributed by atoms with Crippen LogP contribution in [-0.2, 0) is 10.0 Å². The van der Waals surface area contributed by atoms with E-state index in [1.807, 2.05) is 42.7 Å². The highest BCUT2D eigenvalue weighted by atomic mass is 32.2. The van der Waals surface area contributed by atoms with Gasteiger partial charge in [0.15, 0.2) is 0 Å². The Bertz CT molecular complexity index is 1150. The number of anilines is 2. The van der Waals surface area contributed by atoms with E-state index in [4.69, 9.17) is 0 Å². The molecule has 8 heteroatoms. The Hall–Kier alpha value is -3.13. The first kappa shape index (κ1) is 20.6. The Balaban J connectivity index is 1.84. The standard InChI is InChI=1S/C21H24N4O3S/c1-5-29(27,28)24-19-10-9-17(12-14(19)2)23-21(26)18-13-15(3)25(16(18)4)20-8-6-7-11-22-20/h6-13,24H,5H2,1-4H3,(H,23,26). The molecule has 0 saturated carbocycles. The maximum atomic E-state index is 12.8. The van der Waals surface area contributed by atoms with Gasteiger partial charge in [-0.1, -0.05) is 6.07 Å². The molecule has 1 amide bonds. The van der Waals surface area contributed by atoms with Gasteiger partial charge in [-0.25, -0.2) is 13.4 Å². The van der Waals surface area contributed by atoms with E-state index in [1.54, 1.807) is 38.2 Å². The molecule has 3 rings (SSSR count). The van der Waals surface area contributed by atoms with Crippen molar-refractivity contribution >= 4 is 27.3 Å². The lowest BCUT2D eigenvalue weighted by Gasteiger charge is -2.12. The minimum absolute atomic E-state index is 0.00316. The first-order valence-corrected chi connectivity index (χ1v) is 10.9. The molecular weight excluding hydrogens is 388 g/mol. The number of hydrogen-bond donors (Lipinski definition) is 2. The molecule has 0 bridgehead atoms. The molecule has 152 valence electrons.